The minimum absolute atomic E-state index is 0.0351. The van der Waals surface area contributed by atoms with Crippen LogP contribution in [-0.2, 0) is 22.4 Å². The van der Waals surface area contributed by atoms with E-state index >= 15 is 0 Å². The summed E-state index contributed by atoms with van der Waals surface area (Å²) in [7, 11) is 1.35. The van der Waals surface area contributed by atoms with Gasteiger partial charge < -0.3 is 15.5 Å². The van der Waals surface area contributed by atoms with Gasteiger partial charge in [-0.1, -0.05) is 30.3 Å². The average Bonchev–Trinajstić information content (AvgIpc) is 3.07. The monoisotopic (exact) mass is 375 g/mol. The summed E-state index contributed by atoms with van der Waals surface area (Å²) in [4.78, 5) is 32.4. The number of nitrogens with zero attached hydrogens (tertiary/aromatic N) is 1. The minimum Gasteiger partial charge on any atom is -0.469 e. The molecule has 1 aliphatic carbocycles. The second-order valence-corrected chi connectivity index (χ2v) is 7.02. The smallest absolute Gasteiger partial charge is 0.309 e. The molecule has 1 aliphatic rings. The number of benzene rings is 1. The molecule has 1 aromatic carbocycles. The minimum atomic E-state index is -0.455. The van der Waals surface area contributed by atoms with Gasteiger partial charge >= 0.3 is 5.97 Å². The van der Waals surface area contributed by atoms with Crippen molar-refractivity contribution in [3.8, 4) is 11.3 Å². The molecule has 4 rings (SSSR count). The van der Waals surface area contributed by atoms with E-state index in [9.17, 15) is 9.59 Å². The van der Waals surface area contributed by atoms with Crippen molar-refractivity contribution in [2.75, 3.05) is 12.8 Å². The van der Waals surface area contributed by atoms with Crippen LogP contribution < -0.4 is 5.73 Å². The number of ether oxygens (including phenoxy) is 1. The molecule has 3 N–H and O–H groups in total. The van der Waals surface area contributed by atoms with Gasteiger partial charge in [0.1, 0.15) is 5.82 Å². The van der Waals surface area contributed by atoms with Crippen molar-refractivity contribution in [1.82, 2.24) is 9.97 Å². The summed E-state index contributed by atoms with van der Waals surface area (Å²) in [5.41, 5.74) is 11.1. The summed E-state index contributed by atoms with van der Waals surface area (Å²) in [6, 6.07) is 13.6. The van der Waals surface area contributed by atoms with Crippen LogP contribution in [0.3, 0.4) is 0 Å². The Bertz CT molecular complexity index is 1040. The van der Waals surface area contributed by atoms with Crippen LogP contribution in [0.1, 0.15) is 33.6 Å². The number of Topliss-reactive ketones (excluding diaryl/α,β-unsaturated/α-hetero) is 1. The summed E-state index contributed by atoms with van der Waals surface area (Å²) in [5.74, 6) is -0.432. The quantitative estimate of drug-likeness (QED) is 0.683. The molecule has 2 aromatic heterocycles. The topological polar surface area (TPSA) is 98.1 Å². The zero-order valence-corrected chi connectivity index (χ0v) is 15.6. The molecule has 0 radical (unpaired) electrons. The highest BCUT2D eigenvalue weighted by Gasteiger charge is 2.35. The number of aromatic amines is 1. The van der Waals surface area contributed by atoms with Gasteiger partial charge in [0, 0.05) is 42.3 Å². The maximum absolute atomic E-state index is 13.0. The van der Waals surface area contributed by atoms with Crippen molar-refractivity contribution < 1.29 is 14.3 Å². The lowest BCUT2D eigenvalue weighted by molar-refractivity contribution is -0.145. The fraction of sp³-hybridized carbons (Fsp3) is 0.227. The zero-order chi connectivity index (χ0) is 19.7. The number of hydrogen-bond acceptors (Lipinski definition) is 5. The summed E-state index contributed by atoms with van der Waals surface area (Å²) in [6.45, 7) is 0. The van der Waals surface area contributed by atoms with Gasteiger partial charge in [-0.3, -0.25) is 9.59 Å². The first-order chi connectivity index (χ1) is 13.6. The molecule has 6 heteroatoms. The number of carbonyl (C=O) groups is 2. The Balaban J connectivity index is 1.84. The molecular formula is C22H21N3O3. The molecule has 1 unspecified atom stereocenters. The standard InChI is InChI=1S/C22H21N3O3/c1-28-22(27)15-10-17-20(18(26)11-15)16(9-13-5-3-2-4-6-13)21(25-17)14-7-8-24-19(23)12-14/h2-8,12,15,25H,9-11H2,1H3,(H2,23,24). The molecule has 3 aromatic rings. The number of nitrogen functional groups attached to an aromatic ring is 1. The predicted molar refractivity (Wildman–Crippen MR) is 106 cm³/mol. The number of aromatic nitrogens is 2. The number of anilines is 1. The van der Waals surface area contributed by atoms with Crippen LogP contribution in [-0.4, -0.2) is 28.8 Å². The molecule has 0 spiro atoms. The number of esters is 1. The molecule has 0 fully saturated rings. The van der Waals surface area contributed by atoms with Crippen LogP contribution >= 0.6 is 0 Å². The Kier molecular flexibility index (Phi) is 4.69. The van der Waals surface area contributed by atoms with Gasteiger partial charge in [-0.05, 0) is 23.3 Å². The van der Waals surface area contributed by atoms with Crippen molar-refractivity contribution in [2.24, 2.45) is 5.92 Å². The summed E-state index contributed by atoms with van der Waals surface area (Å²) >= 11 is 0. The number of nitrogens with two attached hydrogens (primary N) is 1. The molecule has 0 bridgehead atoms. The zero-order valence-electron chi connectivity index (χ0n) is 15.6. The first kappa shape index (κ1) is 18.0. The first-order valence-corrected chi connectivity index (χ1v) is 9.17. The number of pyridine rings is 1. The van der Waals surface area contributed by atoms with E-state index in [0.29, 0.717) is 24.2 Å². The number of H-pyrrole nitrogens is 1. The number of nitrogens with one attached hydrogen (secondary N) is 1. The fourth-order valence-electron chi connectivity index (χ4n) is 3.89. The summed E-state index contributed by atoms with van der Waals surface area (Å²) < 4.78 is 4.86. The summed E-state index contributed by atoms with van der Waals surface area (Å²) in [6.07, 6.45) is 2.88. The molecule has 6 nitrogen and oxygen atoms in total. The molecule has 28 heavy (non-hydrogen) atoms. The van der Waals surface area contributed by atoms with Crippen LogP contribution in [0, 0.1) is 5.92 Å². The van der Waals surface area contributed by atoms with Gasteiger partial charge in [0.05, 0.1) is 18.7 Å². The molecule has 1 atom stereocenters. The van der Waals surface area contributed by atoms with E-state index in [2.05, 4.69) is 9.97 Å². The normalized spacial score (nSPS) is 15.9. The van der Waals surface area contributed by atoms with Gasteiger partial charge in [-0.25, -0.2) is 4.98 Å². The van der Waals surface area contributed by atoms with Gasteiger partial charge in [-0.15, -0.1) is 0 Å². The Hall–Kier alpha value is -3.41. The van der Waals surface area contributed by atoms with E-state index in [1.807, 2.05) is 36.4 Å². The molecular weight excluding hydrogens is 354 g/mol. The maximum Gasteiger partial charge on any atom is 0.309 e. The third kappa shape index (κ3) is 3.29. The average molecular weight is 375 g/mol. The van der Waals surface area contributed by atoms with Gasteiger partial charge in [0.15, 0.2) is 5.78 Å². The number of carbonyl (C=O) groups excluding carboxylic acids is 2. The van der Waals surface area contributed by atoms with E-state index in [0.717, 1.165) is 28.1 Å². The molecule has 0 saturated heterocycles. The number of methoxy groups -OCH3 is 1. The third-order valence-electron chi connectivity index (χ3n) is 5.17. The van der Waals surface area contributed by atoms with Crippen molar-refractivity contribution >= 4 is 17.6 Å². The van der Waals surface area contributed by atoms with Gasteiger partial charge in [-0.2, -0.15) is 0 Å². The van der Waals surface area contributed by atoms with E-state index < -0.39 is 5.92 Å². The molecule has 142 valence electrons. The fourth-order valence-corrected chi connectivity index (χ4v) is 3.89. The first-order valence-electron chi connectivity index (χ1n) is 9.17. The molecule has 2 heterocycles. The van der Waals surface area contributed by atoms with Gasteiger partial charge in [0.2, 0.25) is 0 Å². The predicted octanol–water partition coefficient (Wildman–Crippen LogP) is 3.17. The van der Waals surface area contributed by atoms with Crippen LogP contribution in [0.25, 0.3) is 11.3 Å². The van der Waals surface area contributed by atoms with E-state index in [-0.39, 0.29) is 18.2 Å². The molecule has 0 amide bonds. The van der Waals surface area contributed by atoms with Crippen molar-refractivity contribution in [3.63, 3.8) is 0 Å². The number of hydrogen-bond donors (Lipinski definition) is 2. The van der Waals surface area contributed by atoms with Crippen LogP contribution in [0.15, 0.2) is 48.7 Å². The van der Waals surface area contributed by atoms with Crippen molar-refractivity contribution in [3.05, 3.63) is 71.0 Å². The number of fused-ring (bicyclic) bond motifs is 1. The Morgan fingerprint density at radius 3 is 2.75 bits per heavy atom. The van der Waals surface area contributed by atoms with E-state index in [4.69, 9.17) is 10.5 Å². The largest absolute Gasteiger partial charge is 0.469 e. The van der Waals surface area contributed by atoms with Crippen molar-refractivity contribution in [1.29, 1.82) is 0 Å². The SMILES string of the molecule is COC(=O)C1CC(=O)c2c([nH]c(-c3ccnc(N)c3)c2Cc2ccccc2)C1. The van der Waals surface area contributed by atoms with Crippen LogP contribution in [0.2, 0.25) is 0 Å². The molecule has 0 aliphatic heterocycles. The Morgan fingerprint density at radius 2 is 2.04 bits per heavy atom. The van der Waals surface area contributed by atoms with Crippen molar-refractivity contribution in [2.45, 2.75) is 19.3 Å². The number of ketones is 1. The van der Waals surface area contributed by atoms with E-state index in [1.165, 1.54) is 7.11 Å². The number of rotatable bonds is 4. The second kappa shape index (κ2) is 7.31. The maximum atomic E-state index is 13.0. The lowest BCUT2D eigenvalue weighted by Gasteiger charge is -2.19. The lowest BCUT2D eigenvalue weighted by Crippen LogP contribution is -2.27. The molecule has 0 saturated carbocycles. The highest BCUT2D eigenvalue weighted by Crippen LogP contribution is 2.36. The van der Waals surface area contributed by atoms with E-state index in [1.54, 1.807) is 12.3 Å². The Morgan fingerprint density at radius 1 is 1.25 bits per heavy atom. The summed E-state index contributed by atoms with van der Waals surface area (Å²) in [5, 5.41) is 0. The highest BCUT2D eigenvalue weighted by atomic mass is 16.5. The second-order valence-electron chi connectivity index (χ2n) is 7.02. The van der Waals surface area contributed by atoms with Crippen LogP contribution in [0.5, 0.6) is 0 Å². The third-order valence-corrected chi connectivity index (χ3v) is 5.17. The van der Waals surface area contributed by atoms with Crippen LogP contribution in [0.4, 0.5) is 5.82 Å². The van der Waals surface area contributed by atoms with Gasteiger partial charge in [0.25, 0.3) is 0 Å². The highest BCUT2D eigenvalue weighted by molar-refractivity contribution is 6.03. The lowest BCUT2D eigenvalue weighted by atomic mass is 9.84. The Labute approximate surface area is 162 Å².